The molecule has 1 heterocycles. The Morgan fingerprint density at radius 2 is 1.79 bits per heavy atom. The van der Waals surface area contributed by atoms with Crippen LogP contribution >= 0.6 is 15.9 Å². The first-order valence-electron chi connectivity index (χ1n) is 9.30. The largest absolute Gasteiger partial charge is 0.494 e. The van der Waals surface area contributed by atoms with Gasteiger partial charge in [-0.1, -0.05) is 35.0 Å². The van der Waals surface area contributed by atoms with Crippen LogP contribution in [-0.2, 0) is 6.54 Å². The SMILES string of the molecule is CCCOc1ccc(C(=O)Nc2c(C)nn(Cc3ccc(Br)cc3)c2C)cc1. The quantitative estimate of drug-likeness (QED) is 0.537. The molecule has 6 heteroatoms. The van der Waals surface area contributed by atoms with E-state index in [-0.39, 0.29) is 5.91 Å². The summed E-state index contributed by atoms with van der Waals surface area (Å²) in [5.41, 5.74) is 4.22. The monoisotopic (exact) mass is 441 g/mol. The van der Waals surface area contributed by atoms with Crippen LogP contribution in [0, 0.1) is 13.8 Å². The Morgan fingerprint density at radius 1 is 1.11 bits per heavy atom. The van der Waals surface area contributed by atoms with Gasteiger partial charge in [0.15, 0.2) is 0 Å². The van der Waals surface area contributed by atoms with Crippen molar-refractivity contribution in [2.45, 2.75) is 33.7 Å². The van der Waals surface area contributed by atoms with Crippen LogP contribution in [0.1, 0.15) is 40.7 Å². The zero-order valence-electron chi connectivity index (χ0n) is 16.3. The molecule has 0 aliphatic heterocycles. The van der Waals surface area contributed by atoms with E-state index in [2.05, 4.69) is 45.4 Å². The third-order valence-electron chi connectivity index (χ3n) is 4.45. The van der Waals surface area contributed by atoms with E-state index in [0.717, 1.165) is 39.3 Å². The van der Waals surface area contributed by atoms with Gasteiger partial charge in [0, 0.05) is 10.0 Å². The summed E-state index contributed by atoms with van der Waals surface area (Å²) in [6.45, 7) is 7.25. The fraction of sp³-hybridized carbons (Fsp3) is 0.273. The zero-order valence-corrected chi connectivity index (χ0v) is 17.9. The molecule has 146 valence electrons. The molecule has 0 aliphatic rings. The van der Waals surface area contributed by atoms with Gasteiger partial charge in [-0.05, 0) is 62.2 Å². The average molecular weight is 442 g/mol. The molecule has 28 heavy (non-hydrogen) atoms. The number of halogens is 1. The Bertz CT molecular complexity index is 947. The highest BCUT2D eigenvalue weighted by Crippen LogP contribution is 2.22. The van der Waals surface area contributed by atoms with Crippen LogP contribution in [0.2, 0.25) is 0 Å². The van der Waals surface area contributed by atoms with Crippen molar-refractivity contribution in [3.05, 3.63) is 75.5 Å². The number of anilines is 1. The van der Waals surface area contributed by atoms with E-state index >= 15 is 0 Å². The van der Waals surface area contributed by atoms with Gasteiger partial charge in [0.1, 0.15) is 5.75 Å². The molecule has 0 unspecified atom stereocenters. The minimum absolute atomic E-state index is 0.156. The summed E-state index contributed by atoms with van der Waals surface area (Å²) in [7, 11) is 0. The van der Waals surface area contributed by atoms with Gasteiger partial charge in [-0.15, -0.1) is 0 Å². The minimum Gasteiger partial charge on any atom is -0.494 e. The van der Waals surface area contributed by atoms with Crippen molar-refractivity contribution in [1.29, 1.82) is 0 Å². The molecule has 1 amide bonds. The minimum atomic E-state index is -0.156. The van der Waals surface area contributed by atoms with E-state index < -0.39 is 0 Å². The normalized spacial score (nSPS) is 10.7. The van der Waals surface area contributed by atoms with Crippen molar-refractivity contribution < 1.29 is 9.53 Å². The number of carbonyl (C=O) groups excluding carboxylic acids is 1. The van der Waals surface area contributed by atoms with E-state index in [1.165, 1.54) is 0 Å². The molecule has 0 fully saturated rings. The number of nitrogens with one attached hydrogen (secondary N) is 1. The van der Waals surface area contributed by atoms with Crippen molar-refractivity contribution >= 4 is 27.5 Å². The molecule has 3 rings (SSSR count). The van der Waals surface area contributed by atoms with Gasteiger partial charge >= 0.3 is 0 Å². The van der Waals surface area contributed by atoms with E-state index in [0.29, 0.717) is 18.7 Å². The highest BCUT2D eigenvalue weighted by molar-refractivity contribution is 9.10. The lowest BCUT2D eigenvalue weighted by Gasteiger charge is -2.09. The number of hydrogen-bond acceptors (Lipinski definition) is 3. The highest BCUT2D eigenvalue weighted by Gasteiger charge is 2.15. The number of aromatic nitrogens is 2. The first-order chi connectivity index (χ1) is 13.5. The molecule has 1 N–H and O–H groups in total. The molecule has 0 aliphatic carbocycles. The number of carbonyl (C=O) groups is 1. The summed E-state index contributed by atoms with van der Waals surface area (Å²) < 4.78 is 8.52. The summed E-state index contributed by atoms with van der Waals surface area (Å²) in [6.07, 6.45) is 0.949. The molecule has 3 aromatic rings. The number of hydrogen-bond donors (Lipinski definition) is 1. The zero-order chi connectivity index (χ0) is 20.1. The Hall–Kier alpha value is -2.60. The van der Waals surface area contributed by atoms with E-state index in [9.17, 15) is 4.79 Å². The van der Waals surface area contributed by atoms with Crippen molar-refractivity contribution in [2.75, 3.05) is 11.9 Å². The van der Waals surface area contributed by atoms with Crippen molar-refractivity contribution in [2.24, 2.45) is 0 Å². The number of aryl methyl sites for hydroxylation is 1. The molecule has 0 radical (unpaired) electrons. The van der Waals surface area contributed by atoms with Crippen LogP contribution in [0.5, 0.6) is 5.75 Å². The fourth-order valence-corrected chi connectivity index (χ4v) is 3.17. The Morgan fingerprint density at radius 3 is 2.43 bits per heavy atom. The van der Waals surface area contributed by atoms with Gasteiger partial charge in [-0.3, -0.25) is 9.48 Å². The first-order valence-corrected chi connectivity index (χ1v) is 10.1. The number of ether oxygens (including phenoxy) is 1. The topological polar surface area (TPSA) is 56.1 Å². The summed E-state index contributed by atoms with van der Waals surface area (Å²) in [6, 6.07) is 15.3. The second-order valence-electron chi connectivity index (χ2n) is 6.66. The lowest BCUT2D eigenvalue weighted by atomic mass is 10.2. The van der Waals surface area contributed by atoms with Gasteiger partial charge in [0.2, 0.25) is 0 Å². The Labute approximate surface area is 173 Å². The van der Waals surface area contributed by atoms with Crippen LogP contribution in [0.4, 0.5) is 5.69 Å². The van der Waals surface area contributed by atoms with E-state index in [4.69, 9.17) is 4.74 Å². The lowest BCUT2D eigenvalue weighted by Crippen LogP contribution is -2.13. The first kappa shape index (κ1) is 20.1. The smallest absolute Gasteiger partial charge is 0.255 e. The number of benzene rings is 2. The number of nitrogens with zero attached hydrogens (tertiary/aromatic N) is 2. The molecule has 0 saturated heterocycles. The van der Waals surface area contributed by atoms with Crippen LogP contribution in [-0.4, -0.2) is 22.3 Å². The Kier molecular flexibility index (Phi) is 6.52. The van der Waals surface area contributed by atoms with E-state index in [1.807, 2.05) is 42.8 Å². The Balaban J connectivity index is 1.72. The van der Waals surface area contributed by atoms with Gasteiger partial charge in [-0.2, -0.15) is 5.10 Å². The third kappa shape index (κ3) is 4.81. The molecule has 0 bridgehead atoms. The van der Waals surface area contributed by atoms with Crippen molar-refractivity contribution in [3.63, 3.8) is 0 Å². The van der Waals surface area contributed by atoms with E-state index in [1.54, 1.807) is 12.1 Å². The predicted molar refractivity (Wildman–Crippen MR) is 115 cm³/mol. The summed E-state index contributed by atoms with van der Waals surface area (Å²) in [4.78, 5) is 12.7. The molecule has 1 aromatic heterocycles. The summed E-state index contributed by atoms with van der Waals surface area (Å²) >= 11 is 3.45. The molecular formula is C22H24BrN3O2. The molecule has 5 nitrogen and oxygen atoms in total. The van der Waals surface area contributed by atoms with Crippen LogP contribution in [0.25, 0.3) is 0 Å². The molecular weight excluding hydrogens is 418 g/mol. The number of amides is 1. The van der Waals surface area contributed by atoms with Crippen LogP contribution < -0.4 is 10.1 Å². The summed E-state index contributed by atoms with van der Waals surface area (Å²) in [5.74, 6) is 0.615. The van der Waals surface area contributed by atoms with Crippen molar-refractivity contribution in [1.82, 2.24) is 9.78 Å². The third-order valence-corrected chi connectivity index (χ3v) is 4.98. The molecule has 0 spiro atoms. The second-order valence-corrected chi connectivity index (χ2v) is 7.57. The molecule has 2 aromatic carbocycles. The maximum absolute atomic E-state index is 12.7. The van der Waals surface area contributed by atoms with Gasteiger partial charge in [0.05, 0.1) is 30.2 Å². The standard InChI is InChI=1S/C22H24BrN3O2/c1-4-13-28-20-11-7-18(8-12-20)22(27)24-21-15(2)25-26(16(21)3)14-17-5-9-19(23)10-6-17/h5-12H,4,13-14H2,1-3H3,(H,24,27). The highest BCUT2D eigenvalue weighted by atomic mass is 79.9. The second kappa shape index (κ2) is 9.06. The maximum atomic E-state index is 12.7. The van der Waals surface area contributed by atoms with Gasteiger partial charge < -0.3 is 10.1 Å². The van der Waals surface area contributed by atoms with Crippen LogP contribution in [0.3, 0.4) is 0 Å². The predicted octanol–water partition coefficient (Wildman–Crippen LogP) is 5.35. The fourth-order valence-electron chi connectivity index (χ4n) is 2.90. The summed E-state index contributed by atoms with van der Waals surface area (Å²) in [5, 5.41) is 7.59. The maximum Gasteiger partial charge on any atom is 0.255 e. The number of rotatable bonds is 7. The lowest BCUT2D eigenvalue weighted by molar-refractivity contribution is 0.102. The average Bonchev–Trinajstić information content (AvgIpc) is 2.96. The van der Waals surface area contributed by atoms with Crippen LogP contribution in [0.15, 0.2) is 53.0 Å². The van der Waals surface area contributed by atoms with Crippen molar-refractivity contribution in [3.8, 4) is 5.75 Å². The molecule has 0 saturated carbocycles. The van der Waals surface area contributed by atoms with Gasteiger partial charge in [0.25, 0.3) is 5.91 Å². The van der Waals surface area contributed by atoms with Gasteiger partial charge in [-0.25, -0.2) is 0 Å². The molecule has 0 atom stereocenters.